The maximum Gasteiger partial charge on any atom is 0.405 e. The minimum absolute atomic E-state index is 0.0530. The van der Waals surface area contributed by atoms with Crippen molar-refractivity contribution in [2.45, 2.75) is 6.18 Å². The molecule has 108 valence electrons. The molecule has 0 atom stereocenters. The number of fused-ring (bicyclic) bond motifs is 1. The number of hydrogen-bond acceptors (Lipinski definition) is 4. The van der Waals surface area contributed by atoms with Crippen molar-refractivity contribution in [2.75, 3.05) is 24.6 Å². The highest BCUT2D eigenvalue weighted by Crippen LogP contribution is 2.29. The number of alkyl halides is 3. The third-order valence-electron chi connectivity index (χ3n) is 2.77. The Labute approximate surface area is 113 Å². The topological polar surface area (TPSA) is 56.6 Å². The Bertz CT molecular complexity index is 602. The number of halogens is 3. The van der Waals surface area contributed by atoms with Gasteiger partial charge in [0.05, 0.1) is 6.61 Å². The van der Waals surface area contributed by atoms with Gasteiger partial charge < -0.3 is 15.1 Å². The zero-order chi connectivity index (χ0) is 14.8. The lowest BCUT2D eigenvalue weighted by atomic mass is 10.1. The number of benzene rings is 1. The number of phenols is 1. The van der Waals surface area contributed by atoms with Crippen LogP contribution in [0.4, 0.5) is 19.0 Å². The molecule has 2 N–H and O–H groups in total. The highest BCUT2D eigenvalue weighted by atomic mass is 19.4. The quantitative estimate of drug-likeness (QED) is 0.905. The van der Waals surface area contributed by atoms with Crippen LogP contribution < -0.4 is 4.90 Å². The van der Waals surface area contributed by atoms with Crippen LogP contribution in [-0.2, 0) is 0 Å². The van der Waals surface area contributed by atoms with Crippen LogP contribution in [0.15, 0.2) is 30.5 Å². The fraction of sp³-hybridized carbons (Fsp3) is 0.308. The molecule has 2 aromatic rings. The van der Waals surface area contributed by atoms with Gasteiger partial charge in [-0.1, -0.05) is 6.07 Å². The fourth-order valence-corrected chi connectivity index (χ4v) is 1.99. The van der Waals surface area contributed by atoms with E-state index in [0.29, 0.717) is 10.8 Å². The van der Waals surface area contributed by atoms with Gasteiger partial charge in [0.25, 0.3) is 0 Å². The van der Waals surface area contributed by atoms with E-state index in [1.54, 1.807) is 12.1 Å². The molecule has 0 aliphatic carbocycles. The van der Waals surface area contributed by atoms with Crippen molar-refractivity contribution in [3.05, 3.63) is 30.5 Å². The van der Waals surface area contributed by atoms with E-state index in [2.05, 4.69) is 4.98 Å². The second-order valence-corrected chi connectivity index (χ2v) is 4.30. The van der Waals surface area contributed by atoms with Crippen molar-refractivity contribution in [3.8, 4) is 5.75 Å². The smallest absolute Gasteiger partial charge is 0.405 e. The molecule has 1 heterocycles. The van der Waals surface area contributed by atoms with Crippen LogP contribution in [0.1, 0.15) is 0 Å². The molecule has 0 radical (unpaired) electrons. The molecule has 0 spiro atoms. The van der Waals surface area contributed by atoms with Gasteiger partial charge in [-0.05, 0) is 23.6 Å². The largest absolute Gasteiger partial charge is 0.508 e. The van der Waals surface area contributed by atoms with E-state index in [1.165, 1.54) is 18.3 Å². The molecule has 7 heteroatoms. The summed E-state index contributed by atoms with van der Waals surface area (Å²) in [6.45, 7) is -1.83. The van der Waals surface area contributed by atoms with Gasteiger partial charge in [-0.25, -0.2) is 4.98 Å². The van der Waals surface area contributed by atoms with Gasteiger partial charge in [0.15, 0.2) is 0 Å². The first-order chi connectivity index (χ1) is 9.40. The summed E-state index contributed by atoms with van der Waals surface area (Å²) in [5, 5.41) is 19.5. The Morgan fingerprint density at radius 3 is 2.60 bits per heavy atom. The summed E-state index contributed by atoms with van der Waals surface area (Å²) >= 11 is 0. The molecule has 0 saturated carbocycles. The molecule has 1 aromatic carbocycles. The maximum atomic E-state index is 12.6. The lowest BCUT2D eigenvalue weighted by molar-refractivity contribution is -0.119. The SMILES string of the molecule is OCCN(CC(F)(F)F)c1nccc2ccc(O)cc12. The monoisotopic (exact) mass is 286 g/mol. The zero-order valence-electron chi connectivity index (χ0n) is 10.4. The number of anilines is 1. The van der Waals surface area contributed by atoms with Crippen LogP contribution >= 0.6 is 0 Å². The van der Waals surface area contributed by atoms with Gasteiger partial charge >= 0.3 is 6.18 Å². The number of aromatic hydroxyl groups is 1. The number of nitrogens with zero attached hydrogens (tertiary/aromatic N) is 2. The van der Waals surface area contributed by atoms with Crippen molar-refractivity contribution >= 4 is 16.6 Å². The number of aliphatic hydroxyl groups is 1. The summed E-state index contributed by atoms with van der Waals surface area (Å²) in [5.74, 6) is 0.0347. The zero-order valence-corrected chi connectivity index (χ0v) is 10.4. The minimum Gasteiger partial charge on any atom is -0.508 e. The van der Waals surface area contributed by atoms with Gasteiger partial charge in [-0.3, -0.25) is 0 Å². The summed E-state index contributed by atoms with van der Waals surface area (Å²) in [6.07, 6.45) is -3.01. The lowest BCUT2D eigenvalue weighted by Gasteiger charge is -2.25. The molecule has 0 unspecified atom stereocenters. The van der Waals surface area contributed by atoms with Gasteiger partial charge in [0, 0.05) is 18.1 Å². The molecule has 0 aliphatic rings. The summed E-state index contributed by atoms with van der Waals surface area (Å²) in [4.78, 5) is 4.90. The molecule has 0 aliphatic heterocycles. The predicted molar refractivity (Wildman–Crippen MR) is 68.8 cm³/mol. The number of rotatable bonds is 4. The molecule has 0 fully saturated rings. The Morgan fingerprint density at radius 1 is 1.20 bits per heavy atom. The predicted octanol–water partition coefficient (Wildman–Crippen LogP) is 2.30. The Kier molecular flexibility index (Phi) is 3.99. The van der Waals surface area contributed by atoms with E-state index in [0.717, 1.165) is 4.90 Å². The molecule has 4 nitrogen and oxygen atoms in total. The average molecular weight is 286 g/mol. The van der Waals surface area contributed by atoms with Gasteiger partial charge in [0.1, 0.15) is 18.1 Å². The molecule has 2 rings (SSSR count). The van der Waals surface area contributed by atoms with Crippen LogP contribution in [0, 0.1) is 0 Å². The number of aromatic nitrogens is 1. The van der Waals surface area contributed by atoms with Crippen LogP contribution in [0.2, 0.25) is 0 Å². The number of aliphatic hydroxyl groups excluding tert-OH is 1. The van der Waals surface area contributed by atoms with E-state index >= 15 is 0 Å². The highest BCUT2D eigenvalue weighted by molar-refractivity contribution is 5.93. The van der Waals surface area contributed by atoms with Crippen LogP contribution in [0.5, 0.6) is 5.75 Å². The summed E-state index contributed by atoms with van der Waals surface area (Å²) < 4.78 is 37.8. The van der Waals surface area contributed by atoms with E-state index in [1.807, 2.05) is 0 Å². The third-order valence-corrected chi connectivity index (χ3v) is 2.77. The number of phenolic OH excluding ortho intramolecular Hbond substituents is 1. The van der Waals surface area contributed by atoms with Crippen molar-refractivity contribution in [1.29, 1.82) is 0 Å². The summed E-state index contributed by atoms with van der Waals surface area (Å²) in [5.41, 5.74) is 0. The lowest BCUT2D eigenvalue weighted by Crippen LogP contribution is -2.36. The molecule has 0 saturated heterocycles. The highest BCUT2D eigenvalue weighted by Gasteiger charge is 2.31. The van der Waals surface area contributed by atoms with Crippen molar-refractivity contribution in [1.82, 2.24) is 4.98 Å². The van der Waals surface area contributed by atoms with Gasteiger partial charge in [-0.15, -0.1) is 0 Å². The molecule has 1 aromatic heterocycles. The maximum absolute atomic E-state index is 12.6. The first kappa shape index (κ1) is 14.4. The van der Waals surface area contributed by atoms with E-state index in [9.17, 15) is 18.3 Å². The fourth-order valence-electron chi connectivity index (χ4n) is 1.99. The summed E-state index contributed by atoms with van der Waals surface area (Å²) in [6, 6.07) is 6.05. The van der Waals surface area contributed by atoms with E-state index in [4.69, 9.17) is 5.11 Å². The van der Waals surface area contributed by atoms with Crippen molar-refractivity contribution in [2.24, 2.45) is 0 Å². The first-order valence-corrected chi connectivity index (χ1v) is 5.91. The number of pyridine rings is 1. The van der Waals surface area contributed by atoms with E-state index in [-0.39, 0.29) is 18.1 Å². The molecule has 20 heavy (non-hydrogen) atoms. The average Bonchev–Trinajstić information content (AvgIpc) is 2.36. The standard InChI is InChI=1S/C13H13F3N2O2/c14-13(15,16)8-18(5-6-19)12-11-7-10(20)2-1-9(11)3-4-17-12/h1-4,7,19-20H,5-6,8H2. The molecule has 0 bridgehead atoms. The second kappa shape index (κ2) is 5.54. The Hall–Kier alpha value is -2.02. The number of hydrogen-bond donors (Lipinski definition) is 2. The third kappa shape index (κ3) is 3.30. The van der Waals surface area contributed by atoms with Gasteiger partial charge in [-0.2, -0.15) is 13.2 Å². The normalized spacial score (nSPS) is 11.8. The molecule has 0 amide bonds. The van der Waals surface area contributed by atoms with Gasteiger partial charge in [0.2, 0.25) is 0 Å². The molecular weight excluding hydrogens is 273 g/mol. The summed E-state index contributed by atoms with van der Waals surface area (Å²) in [7, 11) is 0. The Morgan fingerprint density at radius 2 is 1.95 bits per heavy atom. The van der Waals surface area contributed by atoms with Crippen molar-refractivity contribution in [3.63, 3.8) is 0 Å². The van der Waals surface area contributed by atoms with E-state index < -0.39 is 19.3 Å². The van der Waals surface area contributed by atoms with Crippen LogP contribution in [-0.4, -0.2) is 41.1 Å². The molecular formula is C13H13F3N2O2. The Balaban J connectivity index is 2.49. The second-order valence-electron chi connectivity index (χ2n) is 4.30. The van der Waals surface area contributed by atoms with Crippen LogP contribution in [0.25, 0.3) is 10.8 Å². The van der Waals surface area contributed by atoms with Crippen LogP contribution in [0.3, 0.4) is 0 Å². The minimum atomic E-state index is -4.41. The first-order valence-electron chi connectivity index (χ1n) is 5.91. The van der Waals surface area contributed by atoms with Crippen molar-refractivity contribution < 1.29 is 23.4 Å².